The third-order valence-electron chi connectivity index (χ3n) is 1.67. The van der Waals surface area contributed by atoms with Crippen molar-refractivity contribution < 1.29 is 4.79 Å². The van der Waals surface area contributed by atoms with Gasteiger partial charge in [-0.15, -0.1) is 0 Å². The molecule has 92 valence electrons. The van der Waals surface area contributed by atoms with Crippen LogP contribution in [0.15, 0.2) is 10.2 Å². The second-order valence-electron chi connectivity index (χ2n) is 4.44. The van der Waals surface area contributed by atoms with Gasteiger partial charge in [-0.3, -0.25) is 0 Å². The van der Waals surface area contributed by atoms with E-state index in [0.29, 0.717) is 11.8 Å². The molecule has 0 unspecified atom stereocenters. The summed E-state index contributed by atoms with van der Waals surface area (Å²) < 4.78 is 0. The first-order valence-electron chi connectivity index (χ1n) is 5.61. The lowest BCUT2D eigenvalue weighted by Crippen LogP contribution is -2.28. The first-order chi connectivity index (χ1) is 7.52. The van der Waals surface area contributed by atoms with Gasteiger partial charge in [-0.2, -0.15) is 10.2 Å². The average Bonchev–Trinajstić information content (AvgIpc) is 2.19. The zero-order valence-electron chi connectivity index (χ0n) is 10.5. The Morgan fingerprint density at radius 3 is 1.69 bits per heavy atom. The second-order valence-corrected chi connectivity index (χ2v) is 4.44. The minimum Gasteiger partial charge on any atom is -0.245 e. The smallest absolute Gasteiger partial charge is 0.245 e. The van der Waals surface area contributed by atoms with Gasteiger partial charge in [-0.05, 0) is 24.7 Å². The highest BCUT2D eigenvalue weighted by atomic mass is 16.2. The molecule has 0 heterocycles. The number of carbonyl (C=O) groups is 1. The second kappa shape index (κ2) is 8.88. The van der Waals surface area contributed by atoms with E-state index < -0.39 is 6.03 Å². The Bertz CT molecular complexity index is 222. The van der Waals surface area contributed by atoms with Crippen molar-refractivity contribution in [2.24, 2.45) is 22.0 Å². The Morgan fingerprint density at radius 1 is 1.00 bits per heavy atom. The Labute approximate surface area is 97.4 Å². The van der Waals surface area contributed by atoms with Gasteiger partial charge in [0.1, 0.15) is 0 Å². The number of amides is 2. The standard InChI is InChI=1S/C11H22N4O/c1-9(2)5-7-12-14-11(16)15-13-8-6-10(3)4/h7-10H,5-6H2,1-4H3,(H2,14,15,16)/b12-7+,13-8+. The van der Waals surface area contributed by atoms with Crippen molar-refractivity contribution in [2.75, 3.05) is 0 Å². The van der Waals surface area contributed by atoms with Gasteiger partial charge >= 0.3 is 6.03 Å². The maximum atomic E-state index is 11.1. The number of hydrazone groups is 2. The number of nitrogens with zero attached hydrogens (tertiary/aromatic N) is 2. The van der Waals surface area contributed by atoms with Crippen LogP contribution in [0.5, 0.6) is 0 Å². The average molecular weight is 226 g/mol. The molecule has 0 aromatic carbocycles. The fraction of sp³-hybridized carbons (Fsp3) is 0.727. The van der Waals surface area contributed by atoms with Crippen molar-refractivity contribution in [3.8, 4) is 0 Å². The molecule has 0 radical (unpaired) electrons. The number of carbonyl (C=O) groups excluding carboxylic acids is 1. The van der Waals surface area contributed by atoms with Gasteiger partial charge in [0.25, 0.3) is 0 Å². The Kier molecular flexibility index (Phi) is 8.11. The summed E-state index contributed by atoms with van der Waals surface area (Å²) >= 11 is 0. The molecule has 2 N–H and O–H groups in total. The quantitative estimate of drug-likeness (QED) is 0.530. The van der Waals surface area contributed by atoms with Crippen molar-refractivity contribution >= 4 is 18.5 Å². The van der Waals surface area contributed by atoms with Gasteiger partial charge in [-0.1, -0.05) is 27.7 Å². The number of hydrogen-bond acceptors (Lipinski definition) is 3. The van der Waals surface area contributed by atoms with Crippen LogP contribution in [0.25, 0.3) is 0 Å². The molecule has 0 rings (SSSR count). The SMILES string of the molecule is CC(C)C/C=N/NC(=O)N/N=C/CC(C)C. The summed E-state index contributed by atoms with van der Waals surface area (Å²) in [6.45, 7) is 8.34. The first kappa shape index (κ1) is 14.6. The molecule has 0 aliphatic carbocycles. The van der Waals surface area contributed by atoms with Crippen LogP contribution < -0.4 is 10.9 Å². The topological polar surface area (TPSA) is 65.8 Å². The third kappa shape index (κ3) is 10.7. The molecular formula is C11H22N4O. The molecule has 0 aliphatic heterocycles. The molecule has 0 fully saturated rings. The predicted octanol–water partition coefficient (Wildman–Crippen LogP) is 2.35. The van der Waals surface area contributed by atoms with Crippen molar-refractivity contribution in [3.05, 3.63) is 0 Å². The van der Waals surface area contributed by atoms with Crippen LogP contribution in [0.4, 0.5) is 4.79 Å². The van der Waals surface area contributed by atoms with Crippen LogP contribution in [0.2, 0.25) is 0 Å². The minimum atomic E-state index is -0.417. The van der Waals surface area contributed by atoms with Gasteiger partial charge in [0.2, 0.25) is 0 Å². The molecular weight excluding hydrogens is 204 g/mol. The van der Waals surface area contributed by atoms with Crippen molar-refractivity contribution in [1.29, 1.82) is 0 Å². The fourth-order valence-corrected chi connectivity index (χ4v) is 0.761. The summed E-state index contributed by atoms with van der Waals surface area (Å²) in [7, 11) is 0. The number of urea groups is 1. The van der Waals surface area contributed by atoms with Crippen molar-refractivity contribution in [2.45, 2.75) is 40.5 Å². The third-order valence-corrected chi connectivity index (χ3v) is 1.67. The van der Waals surface area contributed by atoms with Crippen LogP contribution in [-0.2, 0) is 0 Å². The van der Waals surface area contributed by atoms with Gasteiger partial charge in [0.05, 0.1) is 0 Å². The maximum Gasteiger partial charge on any atom is 0.355 e. The highest BCUT2D eigenvalue weighted by Gasteiger charge is 1.94. The molecule has 0 saturated carbocycles. The van der Waals surface area contributed by atoms with E-state index in [9.17, 15) is 4.79 Å². The summed E-state index contributed by atoms with van der Waals surface area (Å²) in [6.07, 6.45) is 5.05. The van der Waals surface area contributed by atoms with E-state index in [-0.39, 0.29) is 0 Å². The molecule has 0 spiro atoms. The zero-order chi connectivity index (χ0) is 12.4. The molecule has 0 aromatic rings. The summed E-state index contributed by atoms with van der Waals surface area (Å²) in [5.74, 6) is 1.08. The van der Waals surface area contributed by atoms with E-state index in [1.807, 2.05) is 0 Å². The van der Waals surface area contributed by atoms with Crippen molar-refractivity contribution in [1.82, 2.24) is 10.9 Å². The molecule has 0 bridgehead atoms. The summed E-state index contributed by atoms with van der Waals surface area (Å²) in [6, 6.07) is -0.417. The Hall–Kier alpha value is -1.39. The molecule has 16 heavy (non-hydrogen) atoms. The lowest BCUT2D eigenvalue weighted by atomic mass is 10.2. The molecule has 0 aromatic heterocycles. The van der Waals surface area contributed by atoms with Crippen LogP contribution in [-0.4, -0.2) is 18.5 Å². The molecule has 0 saturated heterocycles. The van der Waals surface area contributed by atoms with Gasteiger partial charge in [0, 0.05) is 12.4 Å². The van der Waals surface area contributed by atoms with E-state index in [0.717, 1.165) is 12.8 Å². The largest absolute Gasteiger partial charge is 0.355 e. The van der Waals surface area contributed by atoms with E-state index in [1.54, 1.807) is 12.4 Å². The summed E-state index contributed by atoms with van der Waals surface area (Å²) in [5.41, 5.74) is 4.66. The number of rotatable bonds is 6. The predicted molar refractivity (Wildman–Crippen MR) is 67.6 cm³/mol. The Morgan fingerprint density at radius 2 is 1.38 bits per heavy atom. The molecule has 0 atom stereocenters. The highest BCUT2D eigenvalue weighted by Crippen LogP contribution is 1.94. The molecule has 5 heteroatoms. The zero-order valence-corrected chi connectivity index (χ0v) is 10.5. The van der Waals surface area contributed by atoms with E-state index in [2.05, 4.69) is 48.7 Å². The Balaban J connectivity index is 3.59. The van der Waals surface area contributed by atoms with Gasteiger partial charge in [0.15, 0.2) is 0 Å². The number of nitrogens with one attached hydrogen (secondary N) is 2. The monoisotopic (exact) mass is 226 g/mol. The number of hydrogen-bond donors (Lipinski definition) is 2. The van der Waals surface area contributed by atoms with Gasteiger partial charge in [-0.25, -0.2) is 15.6 Å². The van der Waals surface area contributed by atoms with Crippen LogP contribution in [0.3, 0.4) is 0 Å². The molecule has 0 aliphatic rings. The lowest BCUT2D eigenvalue weighted by Gasteiger charge is -1.99. The normalized spacial score (nSPS) is 11.9. The lowest BCUT2D eigenvalue weighted by molar-refractivity contribution is 0.242. The molecule has 2 amide bonds. The van der Waals surface area contributed by atoms with Gasteiger partial charge < -0.3 is 0 Å². The van der Waals surface area contributed by atoms with Crippen LogP contribution in [0, 0.1) is 11.8 Å². The minimum absolute atomic E-state index is 0.417. The molecule has 5 nitrogen and oxygen atoms in total. The fourth-order valence-electron chi connectivity index (χ4n) is 0.761. The van der Waals surface area contributed by atoms with E-state index in [1.165, 1.54) is 0 Å². The summed E-state index contributed by atoms with van der Waals surface area (Å²) in [4.78, 5) is 11.1. The highest BCUT2D eigenvalue weighted by molar-refractivity contribution is 5.75. The van der Waals surface area contributed by atoms with Crippen LogP contribution in [0.1, 0.15) is 40.5 Å². The maximum absolute atomic E-state index is 11.1. The summed E-state index contributed by atoms with van der Waals surface area (Å²) in [5, 5.41) is 7.53. The van der Waals surface area contributed by atoms with E-state index >= 15 is 0 Å². The van der Waals surface area contributed by atoms with Crippen LogP contribution >= 0.6 is 0 Å². The first-order valence-corrected chi connectivity index (χ1v) is 5.61. The van der Waals surface area contributed by atoms with Crippen molar-refractivity contribution in [3.63, 3.8) is 0 Å². The van der Waals surface area contributed by atoms with E-state index in [4.69, 9.17) is 0 Å².